The summed E-state index contributed by atoms with van der Waals surface area (Å²) in [4.78, 5) is 26.2. The van der Waals surface area contributed by atoms with E-state index in [1.54, 1.807) is 0 Å². The quantitative estimate of drug-likeness (QED) is 0.813. The first-order valence-electron chi connectivity index (χ1n) is 9.41. The first-order chi connectivity index (χ1) is 12.8. The Morgan fingerprint density at radius 1 is 1.32 bits per heavy atom. The van der Waals surface area contributed by atoms with Crippen molar-refractivity contribution in [3.63, 3.8) is 0 Å². The van der Waals surface area contributed by atoms with E-state index in [9.17, 15) is 14.7 Å². The van der Waals surface area contributed by atoms with Gasteiger partial charge in [0.15, 0.2) is 0 Å². The van der Waals surface area contributed by atoms with Gasteiger partial charge in [0.1, 0.15) is 11.4 Å². The van der Waals surface area contributed by atoms with Crippen LogP contribution in [0.4, 0.5) is 10.1 Å². The lowest BCUT2D eigenvalue weighted by Gasteiger charge is -2.37. The average molecular weight is 410 g/mol. The molecule has 0 radical (unpaired) electrons. The van der Waals surface area contributed by atoms with Gasteiger partial charge in [-0.25, -0.2) is 9.18 Å². The van der Waals surface area contributed by atoms with E-state index in [0.717, 1.165) is 19.3 Å². The Morgan fingerprint density at radius 3 is 2.57 bits per heavy atom. The van der Waals surface area contributed by atoms with Gasteiger partial charge < -0.3 is 20.3 Å². The molecule has 6 nitrogen and oxygen atoms in total. The van der Waals surface area contributed by atoms with Crippen LogP contribution in [-0.2, 0) is 0 Å². The van der Waals surface area contributed by atoms with E-state index in [2.05, 4.69) is 6.92 Å². The van der Waals surface area contributed by atoms with Gasteiger partial charge in [0.25, 0.3) is 0 Å². The van der Waals surface area contributed by atoms with Gasteiger partial charge in [0.2, 0.25) is 5.43 Å². The molecule has 3 N–H and O–H groups in total. The molecule has 2 fully saturated rings. The van der Waals surface area contributed by atoms with Gasteiger partial charge in [-0.15, -0.1) is 12.4 Å². The highest BCUT2D eigenvalue weighted by Crippen LogP contribution is 2.40. The minimum Gasteiger partial charge on any atom is -0.477 e. The van der Waals surface area contributed by atoms with Crippen molar-refractivity contribution in [2.75, 3.05) is 18.0 Å². The number of nitrogens with two attached hydrogens (primary N) is 1. The zero-order chi connectivity index (χ0) is 19.5. The van der Waals surface area contributed by atoms with E-state index in [1.165, 1.54) is 12.3 Å². The summed E-state index contributed by atoms with van der Waals surface area (Å²) < 4.78 is 16.9. The molecule has 1 aliphatic carbocycles. The summed E-state index contributed by atoms with van der Waals surface area (Å²) in [5, 5.41) is 9.52. The zero-order valence-electron chi connectivity index (χ0n) is 15.9. The number of aryl methyl sites for hydroxylation is 1. The van der Waals surface area contributed by atoms with E-state index >= 15 is 4.39 Å². The Bertz CT molecular complexity index is 1000. The van der Waals surface area contributed by atoms with Crippen molar-refractivity contribution in [3.05, 3.63) is 39.4 Å². The molecule has 1 saturated carbocycles. The zero-order valence-corrected chi connectivity index (χ0v) is 16.8. The van der Waals surface area contributed by atoms with Crippen molar-refractivity contribution in [2.24, 2.45) is 11.7 Å². The first-order valence-corrected chi connectivity index (χ1v) is 9.41. The molecule has 0 unspecified atom stereocenters. The summed E-state index contributed by atoms with van der Waals surface area (Å²) in [6, 6.07) is 1.48. The van der Waals surface area contributed by atoms with Crippen LogP contribution in [0.3, 0.4) is 0 Å². The topological polar surface area (TPSA) is 88.6 Å². The molecule has 28 heavy (non-hydrogen) atoms. The van der Waals surface area contributed by atoms with Gasteiger partial charge in [-0.3, -0.25) is 4.79 Å². The average Bonchev–Trinajstić information content (AvgIpc) is 3.43. The largest absolute Gasteiger partial charge is 0.477 e. The number of carboxylic acid groups (broad SMARTS) is 1. The number of rotatable bonds is 3. The van der Waals surface area contributed by atoms with Crippen molar-refractivity contribution in [1.82, 2.24) is 4.57 Å². The summed E-state index contributed by atoms with van der Waals surface area (Å²) >= 11 is 0. The molecule has 0 amide bonds. The molecule has 2 heterocycles. The lowest BCUT2D eigenvalue weighted by atomic mass is 9.93. The summed E-state index contributed by atoms with van der Waals surface area (Å²) in [6.45, 7) is 5.20. The molecular formula is C20H25ClFN3O3. The van der Waals surface area contributed by atoms with Gasteiger partial charge >= 0.3 is 5.97 Å². The number of anilines is 1. The fourth-order valence-corrected chi connectivity index (χ4v) is 4.22. The van der Waals surface area contributed by atoms with Crippen molar-refractivity contribution < 1.29 is 14.3 Å². The summed E-state index contributed by atoms with van der Waals surface area (Å²) in [5.74, 6) is -1.52. The van der Waals surface area contributed by atoms with Crippen molar-refractivity contribution in [3.8, 4) is 0 Å². The molecule has 0 spiro atoms. The number of pyridine rings is 1. The molecule has 1 saturated heterocycles. The Kier molecular flexibility index (Phi) is 5.42. The predicted molar refractivity (Wildman–Crippen MR) is 109 cm³/mol. The van der Waals surface area contributed by atoms with Crippen molar-refractivity contribution in [1.29, 1.82) is 0 Å². The van der Waals surface area contributed by atoms with Crippen LogP contribution in [-0.4, -0.2) is 34.8 Å². The van der Waals surface area contributed by atoms with Crippen LogP contribution in [0.5, 0.6) is 0 Å². The highest BCUT2D eigenvalue weighted by Gasteiger charge is 2.31. The standard InChI is InChI=1S/C20H24FN3O3.ClH/c1-10-8-23(6-5-16(10)22)18-11(2)17-13(7-15(18)21)19(25)14(20(26)27)9-24(17)12-3-4-12;/h7,9-10,12,16H,3-6,8,22H2,1-2H3,(H,26,27);1H/t10-,16+;/m1./s1. The molecular weight excluding hydrogens is 385 g/mol. The number of benzene rings is 1. The smallest absolute Gasteiger partial charge is 0.341 e. The number of hydrogen-bond donors (Lipinski definition) is 2. The Hall–Kier alpha value is -2.12. The number of aromatic carboxylic acids is 1. The molecule has 2 atom stereocenters. The molecule has 4 rings (SSSR count). The second-order valence-electron chi connectivity index (χ2n) is 7.92. The van der Waals surface area contributed by atoms with Crippen LogP contribution >= 0.6 is 12.4 Å². The van der Waals surface area contributed by atoms with Gasteiger partial charge in [0, 0.05) is 36.8 Å². The predicted octanol–water partition coefficient (Wildman–Crippen LogP) is 3.08. The molecule has 8 heteroatoms. The third kappa shape index (κ3) is 3.26. The Labute approximate surface area is 168 Å². The number of fused-ring (bicyclic) bond motifs is 1. The third-order valence-electron chi connectivity index (χ3n) is 5.94. The molecule has 2 aliphatic rings. The van der Waals surface area contributed by atoms with Crippen molar-refractivity contribution in [2.45, 2.75) is 45.2 Å². The maximum Gasteiger partial charge on any atom is 0.341 e. The lowest BCUT2D eigenvalue weighted by molar-refractivity contribution is 0.0695. The monoisotopic (exact) mass is 409 g/mol. The fourth-order valence-electron chi connectivity index (χ4n) is 4.22. The second kappa shape index (κ2) is 7.37. The van der Waals surface area contributed by atoms with Gasteiger partial charge in [-0.1, -0.05) is 6.92 Å². The summed E-state index contributed by atoms with van der Waals surface area (Å²) in [7, 11) is 0. The molecule has 1 aliphatic heterocycles. The maximum atomic E-state index is 15.1. The van der Waals surface area contributed by atoms with E-state index in [-0.39, 0.29) is 41.4 Å². The van der Waals surface area contributed by atoms with E-state index in [0.29, 0.717) is 29.9 Å². The second-order valence-corrected chi connectivity index (χ2v) is 7.92. The first kappa shape index (κ1) is 20.6. The molecule has 1 aromatic carbocycles. The SMILES string of the molecule is Cc1c(N2CC[C@H](N)[C@H](C)C2)c(F)cc2c(=O)c(C(=O)O)cn(C3CC3)c12.Cl. The fraction of sp³-hybridized carbons (Fsp3) is 0.500. The number of carbonyl (C=O) groups is 1. The maximum absolute atomic E-state index is 15.1. The number of nitrogens with zero attached hydrogens (tertiary/aromatic N) is 2. The number of aromatic nitrogens is 1. The molecule has 1 aromatic heterocycles. The van der Waals surface area contributed by atoms with Gasteiger partial charge in [-0.05, 0) is 43.7 Å². The van der Waals surface area contributed by atoms with Crippen molar-refractivity contribution >= 4 is 35.0 Å². The molecule has 0 bridgehead atoms. The summed E-state index contributed by atoms with van der Waals surface area (Å²) in [6.07, 6.45) is 4.07. The molecule has 2 aromatic rings. The lowest BCUT2D eigenvalue weighted by Crippen LogP contribution is -2.46. The highest BCUT2D eigenvalue weighted by molar-refractivity contribution is 5.95. The number of halogens is 2. The summed E-state index contributed by atoms with van der Waals surface area (Å²) in [5.41, 5.74) is 7.00. The minimum atomic E-state index is -1.28. The Morgan fingerprint density at radius 2 is 2.00 bits per heavy atom. The van der Waals surface area contributed by atoms with Crippen LogP contribution < -0.4 is 16.1 Å². The normalized spacial score (nSPS) is 22.2. The van der Waals surface area contributed by atoms with Crippen LogP contribution in [0.1, 0.15) is 48.1 Å². The number of piperidine rings is 1. The molecule has 152 valence electrons. The number of carboxylic acids is 1. The van der Waals surface area contributed by atoms with Gasteiger partial charge in [-0.2, -0.15) is 0 Å². The van der Waals surface area contributed by atoms with Crippen LogP contribution in [0.15, 0.2) is 17.1 Å². The number of hydrogen-bond acceptors (Lipinski definition) is 4. The third-order valence-corrected chi connectivity index (χ3v) is 5.94. The van der Waals surface area contributed by atoms with E-state index in [4.69, 9.17) is 5.73 Å². The van der Waals surface area contributed by atoms with Crippen LogP contribution in [0.2, 0.25) is 0 Å². The Balaban J connectivity index is 0.00000225. The van der Waals surface area contributed by atoms with E-state index < -0.39 is 17.2 Å². The minimum absolute atomic E-state index is 0. The van der Waals surface area contributed by atoms with E-state index in [1.807, 2.05) is 16.4 Å². The van der Waals surface area contributed by atoms with Crippen LogP contribution in [0.25, 0.3) is 10.9 Å². The van der Waals surface area contributed by atoms with Crippen LogP contribution in [0, 0.1) is 18.7 Å². The van der Waals surface area contributed by atoms with Gasteiger partial charge in [0.05, 0.1) is 11.2 Å². The highest BCUT2D eigenvalue weighted by atomic mass is 35.5.